The average molecular weight is 419 g/mol. The third-order valence-corrected chi connectivity index (χ3v) is 4.40. The molecule has 30 heavy (non-hydrogen) atoms. The lowest BCUT2D eigenvalue weighted by atomic mass is 10.1. The highest BCUT2D eigenvalue weighted by Gasteiger charge is 2.27. The summed E-state index contributed by atoms with van der Waals surface area (Å²) in [5, 5.41) is 7.55. The fourth-order valence-electron chi connectivity index (χ4n) is 2.55. The average Bonchev–Trinajstić information content (AvgIpc) is 2.72. The van der Waals surface area contributed by atoms with E-state index in [2.05, 4.69) is 16.0 Å². The molecule has 0 saturated carbocycles. The normalized spacial score (nSPS) is 12.3. The van der Waals surface area contributed by atoms with Crippen LogP contribution in [0.3, 0.4) is 0 Å². The summed E-state index contributed by atoms with van der Waals surface area (Å²) in [5.41, 5.74) is 11.4. The smallest absolute Gasteiger partial charge is 0.254 e. The summed E-state index contributed by atoms with van der Waals surface area (Å²) in [6.07, 6.45) is 0.357. The van der Waals surface area contributed by atoms with Crippen molar-refractivity contribution in [3.63, 3.8) is 0 Å². The highest BCUT2D eigenvalue weighted by molar-refractivity contribution is 6.02. The molecule has 2 unspecified atom stereocenters. The first-order valence-corrected chi connectivity index (χ1v) is 9.72. The van der Waals surface area contributed by atoms with Crippen LogP contribution in [0, 0.1) is 0 Å². The van der Waals surface area contributed by atoms with Gasteiger partial charge in [0, 0.05) is 18.5 Å². The molecular formula is C20H29N5O5. The van der Waals surface area contributed by atoms with E-state index in [1.807, 2.05) is 0 Å². The van der Waals surface area contributed by atoms with Crippen molar-refractivity contribution in [2.75, 3.05) is 12.3 Å². The van der Waals surface area contributed by atoms with Crippen molar-refractivity contribution < 1.29 is 24.0 Å². The zero-order valence-corrected chi connectivity index (χ0v) is 17.2. The maximum absolute atomic E-state index is 12.7. The summed E-state index contributed by atoms with van der Waals surface area (Å²) >= 11 is 0. The lowest BCUT2D eigenvalue weighted by molar-refractivity contribution is -0.131. The third-order valence-electron chi connectivity index (χ3n) is 4.40. The Kier molecular flexibility index (Phi) is 10.0. The molecule has 0 spiro atoms. The number of Topliss-reactive ketones (excluding diaryl/α,β-unsaturated/α-hetero) is 1. The molecule has 1 aromatic rings. The van der Waals surface area contributed by atoms with Gasteiger partial charge in [-0.3, -0.25) is 24.0 Å². The van der Waals surface area contributed by atoms with E-state index >= 15 is 0 Å². The predicted molar refractivity (Wildman–Crippen MR) is 111 cm³/mol. The Balaban J connectivity index is 2.87. The Morgan fingerprint density at radius 2 is 1.63 bits per heavy atom. The minimum atomic E-state index is -1.11. The second-order valence-electron chi connectivity index (χ2n) is 6.70. The highest BCUT2D eigenvalue weighted by atomic mass is 16.2. The van der Waals surface area contributed by atoms with Gasteiger partial charge in [-0.1, -0.05) is 26.0 Å². The SMILES string of the molecule is CCC(=O)CNC(=O)C(CC)NC(=O)C(CCC(N)=O)NC(=O)c1ccccc1N. The van der Waals surface area contributed by atoms with Gasteiger partial charge in [-0.25, -0.2) is 0 Å². The number of hydrogen-bond acceptors (Lipinski definition) is 6. The van der Waals surface area contributed by atoms with Gasteiger partial charge >= 0.3 is 0 Å². The number of amides is 4. The van der Waals surface area contributed by atoms with Gasteiger partial charge in [0.2, 0.25) is 17.7 Å². The van der Waals surface area contributed by atoms with Gasteiger partial charge in [0.1, 0.15) is 12.1 Å². The molecule has 0 aliphatic rings. The van der Waals surface area contributed by atoms with Crippen molar-refractivity contribution in [1.82, 2.24) is 16.0 Å². The number of nitrogen functional groups attached to an aromatic ring is 1. The van der Waals surface area contributed by atoms with E-state index in [1.54, 1.807) is 32.0 Å². The number of nitrogens with one attached hydrogen (secondary N) is 3. The van der Waals surface area contributed by atoms with Crippen molar-refractivity contribution in [2.24, 2.45) is 5.73 Å². The van der Waals surface area contributed by atoms with Gasteiger partial charge in [-0.2, -0.15) is 0 Å². The second kappa shape index (κ2) is 12.2. The zero-order chi connectivity index (χ0) is 22.7. The van der Waals surface area contributed by atoms with Gasteiger partial charge in [-0.05, 0) is 25.0 Å². The maximum atomic E-state index is 12.7. The molecule has 1 aromatic carbocycles. The van der Waals surface area contributed by atoms with Crippen molar-refractivity contribution in [3.05, 3.63) is 29.8 Å². The Morgan fingerprint density at radius 3 is 2.20 bits per heavy atom. The van der Waals surface area contributed by atoms with Crippen molar-refractivity contribution in [2.45, 2.75) is 51.6 Å². The van der Waals surface area contributed by atoms with E-state index in [1.165, 1.54) is 6.07 Å². The first-order chi connectivity index (χ1) is 14.2. The monoisotopic (exact) mass is 419 g/mol. The van der Waals surface area contributed by atoms with Crippen LogP contribution in [0.2, 0.25) is 0 Å². The molecule has 0 aliphatic heterocycles. The van der Waals surface area contributed by atoms with E-state index in [0.717, 1.165) is 0 Å². The van der Waals surface area contributed by atoms with Crippen LogP contribution in [-0.4, -0.2) is 48.0 Å². The van der Waals surface area contributed by atoms with Gasteiger partial charge < -0.3 is 27.4 Å². The molecule has 0 bridgehead atoms. The maximum Gasteiger partial charge on any atom is 0.254 e. The molecule has 0 heterocycles. The Labute approximate surface area is 175 Å². The van der Waals surface area contributed by atoms with E-state index in [9.17, 15) is 24.0 Å². The number of nitrogens with two attached hydrogens (primary N) is 2. The molecule has 1 rings (SSSR count). The number of ketones is 1. The molecule has 0 saturated heterocycles. The zero-order valence-electron chi connectivity index (χ0n) is 17.2. The molecule has 0 fully saturated rings. The number of rotatable bonds is 12. The number of carbonyl (C=O) groups excluding carboxylic acids is 5. The standard InChI is InChI=1S/C20H29N5O5/c1-3-12(26)11-23-19(29)15(4-2)24-20(30)16(9-10-17(22)27)25-18(28)13-7-5-6-8-14(13)21/h5-8,15-16H,3-4,9-11,21H2,1-2H3,(H2,22,27)(H,23,29)(H,24,30)(H,25,28). The number of benzene rings is 1. The summed E-state index contributed by atoms with van der Waals surface area (Å²) < 4.78 is 0. The van der Waals surface area contributed by atoms with Gasteiger partial charge in [0.15, 0.2) is 5.78 Å². The number of anilines is 1. The van der Waals surface area contributed by atoms with Crippen LogP contribution in [-0.2, 0) is 19.2 Å². The highest BCUT2D eigenvalue weighted by Crippen LogP contribution is 2.11. The lowest BCUT2D eigenvalue weighted by Gasteiger charge is -2.22. The first kappa shape index (κ1) is 24.6. The Morgan fingerprint density at radius 1 is 0.967 bits per heavy atom. The summed E-state index contributed by atoms with van der Waals surface area (Å²) in [4.78, 5) is 60.0. The fourth-order valence-corrected chi connectivity index (χ4v) is 2.55. The fraction of sp³-hybridized carbons (Fsp3) is 0.450. The van der Waals surface area contributed by atoms with E-state index < -0.39 is 35.7 Å². The summed E-state index contributed by atoms with van der Waals surface area (Å²) in [6.45, 7) is 3.24. The number of para-hydroxylation sites is 1. The molecule has 2 atom stereocenters. The molecule has 164 valence electrons. The van der Waals surface area contributed by atoms with E-state index in [0.29, 0.717) is 0 Å². The predicted octanol–water partition coefficient (Wildman–Crippen LogP) is -0.377. The minimum Gasteiger partial charge on any atom is -0.398 e. The summed E-state index contributed by atoms with van der Waals surface area (Å²) in [6, 6.07) is 4.32. The largest absolute Gasteiger partial charge is 0.398 e. The second-order valence-corrected chi connectivity index (χ2v) is 6.70. The van der Waals surface area contributed by atoms with Crippen LogP contribution >= 0.6 is 0 Å². The Bertz CT molecular complexity index is 796. The molecular weight excluding hydrogens is 390 g/mol. The van der Waals surface area contributed by atoms with Crippen molar-refractivity contribution in [1.29, 1.82) is 0 Å². The van der Waals surface area contributed by atoms with Crippen molar-refractivity contribution in [3.8, 4) is 0 Å². The lowest BCUT2D eigenvalue weighted by Crippen LogP contribution is -2.54. The number of hydrogen-bond donors (Lipinski definition) is 5. The summed E-state index contributed by atoms with van der Waals surface area (Å²) in [7, 11) is 0. The molecule has 7 N–H and O–H groups in total. The van der Waals surface area contributed by atoms with Crippen LogP contribution in [0.5, 0.6) is 0 Å². The van der Waals surface area contributed by atoms with Crippen LogP contribution in [0.15, 0.2) is 24.3 Å². The molecule has 0 aliphatic carbocycles. The van der Waals surface area contributed by atoms with Gasteiger partial charge in [-0.15, -0.1) is 0 Å². The van der Waals surface area contributed by atoms with Crippen LogP contribution in [0.25, 0.3) is 0 Å². The first-order valence-electron chi connectivity index (χ1n) is 9.72. The van der Waals surface area contributed by atoms with Crippen LogP contribution in [0.1, 0.15) is 49.9 Å². The molecule has 4 amide bonds. The minimum absolute atomic E-state index is 0.0496. The van der Waals surface area contributed by atoms with E-state index in [4.69, 9.17) is 11.5 Å². The number of carbonyl (C=O) groups is 5. The van der Waals surface area contributed by atoms with Crippen molar-refractivity contribution >= 4 is 35.1 Å². The molecule has 0 aromatic heterocycles. The topological polar surface area (TPSA) is 173 Å². The van der Waals surface area contributed by atoms with Crippen LogP contribution < -0.4 is 27.4 Å². The van der Waals surface area contributed by atoms with E-state index in [-0.39, 0.29) is 49.3 Å². The summed E-state index contributed by atoms with van der Waals surface area (Å²) in [5.74, 6) is -2.53. The molecule has 10 heteroatoms. The molecule has 10 nitrogen and oxygen atoms in total. The van der Waals surface area contributed by atoms with Gasteiger partial charge in [0.05, 0.1) is 12.1 Å². The third kappa shape index (κ3) is 7.90. The number of primary amides is 1. The Hall–Kier alpha value is -3.43. The van der Waals surface area contributed by atoms with Gasteiger partial charge in [0.25, 0.3) is 5.91 Å². The van der Waals surface area contributed by atoms with Crippen LogP contribution in [0.4, 0.5) is 5.69 Å². The molecule has 0 radical (unpaired) electrons. The quantitative estimate of drug-likeness (QED) is 0.289.